The van der Waals surface area contributed by atoms with Crippen LogP contribution in [0, 0.1) is 0 Å². The van der Waals surface area contributed by atoms with E-state index in [0.29, 0.717) is 18.9 Å². The fraction of sp³-hybridized carbons (Fsp3) is 0.261. The van der Waals surface area contributed by atoms with Crippen molar-refractivity contribution in [2.75, 3.05) is 24.7 Å². The molecule has 4 aromatic rings. The molecule has 0 amide bonds. The summed E-state index contributed by atoms with van der Waals surface area (Å²) in [6.07, 6.45) is 6.43. The van der Waals surface area contributed by atoms with Crippen LogP contribution in [0.15, 0.2) is 60.2 Å². The number of nitrogens with one attached hydrogen (secondary N) is 1. The Balaban J connectivity index is 1.60. The number of anilines is 1. The first-order valence-corrected chi connectivity index (χ1v) is 13.2. The average Bonchev–Trinajstić information content (AvgIpc) is 3.24. The average molecular weight is 466 g/mol. The minimum atomic E-state index is -3.23. The van der Waals surface area contributed by atoms with Crippen LogP contribution in [-0.2, 0) is 10.0 Å². The van der Waals surface area contributed by atoms with Gasteiger partial charge in [0.1, 0.15) is 10.6 Å². The van der Waals surface area contributed by atoms with Crippen molar-refractivity contribution in [2.45, 2.75) is 18.9 Å². The van der Waals surface area contributed by atoms with Gasteiger partial charge in [0.25, 0.3) is 0 Å². The molecular formula is C23H23N5O2S2. The Kier molecular flexibility index (Phi) is 5.62. The lowest BCUT2D eigenvalue weighted by Gasteiger charge is -2.31. The molecule has 1 aliphatic heterocycles. The molecule has 7 nitrogen and oxygen atoms in total. The topological polar surface area (TPSA) is 88.1 Å². The first kappa shape index (κ1) is 21.0. The molecule has 1 atom stereocenters. The van der Waals surface area contributed by atoms with E-state index in [1.165, 1.54) is 6.26 Å². The van der Waals surface area contributed by atoms with Gasteiger partial charge in [-0.25, -0.2) is 22.7 Å². The Morgan fingerprint density at radius 1 is 1.09 bits per heavy atom. The van der Waals surface area contributed by atoms with Crippen LogP contribution >= 0.6 is 11.3 Å². The molecule has 164 valence electrons. The lowest BCUT2D eigenvalue weighted by molar-refractivity contribution is 0.329. The standard InChI is InChI=1S/C23H23N5O2S2/c1-32(29,30)28-12-6-10-18(14-28)25-22-20-19(16-7-3-2-4-8-16)15-31-23(20)27-21(26-22)17-9-5-11-24-13-17/h2-5,7-9,11,13,15,18H,6,10,12,14H2,1H3,(H,25,26,27). The predicted octanol–water partition coefficient (Wildman–Crippen LogP) is 4.26. The molecule has 1 unspecified atom stereocenters. The molecular weight excluding hydrogens is 442 g/mol. The molecule has 32 heavy (non-hydrogen) atoms. The summed E-state index contributed by atoms with van der Waals surface area (Å²) in [6, 6.07) is 14.0. The third kappa shape index (κ3) is 4.23. The van der Waals surface area contributed by atoms with Crippen molar-refractivity contribution in [1.29, 1.82) is 0 Å². The second-order valence-electron chi connectivity index (χ2n) is 7.94. The molecule has 1 N–H and O–H groups in total. The summed E-state index contributed by atoms with van der Waals surface area (Å²) >= 11 is 1.58. The van der Waals surface area contributed by atoms with Gasteiger partial charge in [-0.2, -0.15) is 0 Å². The van der Waals surface area contributed by atoms with Gasteiger partial charge in [-0.15, -0.1) is 11.3 Å². The van der Waals surface area contributed by atoms with Crippen molar-refractivity contribution in [1.82, 2.24) is 19.3 Å². The maximum Gasteiger partial charge on any atom is 0.211 e. The van der Waals surface area contributed by atoms with Gasteiger partial charge in [0.05, 0.1) is 11.6 Å². The largest absolute Gasteiger partial charge is 0.365 e. The van der Waals surface area contributed by atoms with Crippen LogP contribution < -0.4 is 5.32 Å². The van der Waals surface area contributed by atoms with Gasteiger partial charge in [-0.3, -0.25) is 4.98 Å². The first-order valence-electron chi connectivity index (χ1n) is 10.5. The summed E-state index contributed by atoms with van der Waals surface area (Å²) in [6.45, 7) is 0.988. The molecule has 3 aromatic heterocycles. The molecule has 1 saturated heterocycles. The van der Waals surface area contributed by atoms with E-state index < -0.39 is 10.0 Å². The van der Waals surface area contributed by atoms with Crippen molar-refractivity contribution >= 4 is 37.4 Å². The third-order valence-electron chi connectivity index (χ3n) is 5.63. The van der Waals surface area contributed by atoms with E-state index in [1.54, 1.807) is 28.0 Å². The summed E-state index contributed by atoms with van der Waals surface area (Å²) in [5, 5.41) is 6.63. The lowest BCUT2D eigenvalue weighted by atomic mass is 10.0. The Labute approximate surface area is 191 Å². The summed E-state index contributed by atoms with van der Waals surface area (Å²) in [4.78, 5) is 14.8. The first-order chi connectivity index (χ1) is 15.5. The molecule has 0 radical (unpaired) electrons. The Bertz CT molecular complexity index is 1340. The molecule has 9 heteroatoms. The van der Waals surface area contributed by atoms with Gasteiger partial charge in [-0.1, -0.05) is 30.3 Å². The minimum absolute atomic E-state index is 0.0261. The number of rotatable bonds is 5. The van der Waals surface area contributed by atoms with Gasteiger partial charge < -0.3 is 5.32 Å². The second kappa shape index (κ2) is 8.57. The zero-order valence-electron chi connectivity index (χ0n) is 17.6. The molecule has 0 aliphatic carbocycles. The number of hydrogen-bond donors (Lipinski definition) is 1. The van der Waals surface area contributed by atoms with Gasteiger partial charge in [0, 0.05) is 48.0 Å². The minimum Gasteiger partial charge on any atom is -0.365 e. The van der Waals surface area contributed by atoms with Gasteiger partial charge in [0.15, 0.2) is 5.82 Å². The third-order valence-corrected chi connectivity index (χ3v) is 7.77. The Morgan fingerprint density at radius 2 is 1.91 bits per heavy atom. The van der Waals surface area contributed by atoms with Gasteiger partial charge in [-0.05, 0) is 30.5 Å². The zero-order chi connectivity index (χ0) is 22.1. The summed E-state index contributed by atoms with van der Waals surface area (Å²) in [5.41, 5.74) is 3.01. The molecule has 5 rings (SSSR count). The number of piperidine rings is 1. The van der Waals surface area contributed by atoms with Crippen LogP contribution in [0.25, 0.3) is 32.7 Å². The molecule has 1 aromatic carbocycles. The highest BCUT2D eigenvalue weighted by atomic mass is 32.2. The van der Waals surface area contributed by atoms with Crippen LogP contribution in [0.3, 0.4) is 0 Å². The maximum absolute atomic E-state index is 12.1. The number of benzene rings is 1. The number of thiophene rings is 1. The molecule has 1 fully saturated rings. The van der Waals surface area contributed by atoms with E-state index >= 15 is 0 Å². The zero-order valence-corrected chi connectivity index (χ0v) is 19.2. The summed E-state index contributed by atoms with van der Waals surface area (Å²) in [7, 11) is -3.23. The van der Waals surface area contributed by atoms with Gasteiger partial charge >= 0.3 is 0 Å². The van der Waals surface area contributed by atoms with E-state index in [0.717, 1.165) is 45.6 Å². The fourth-order valence-corrected chi connectivity index (χ4v) is 5.91. The van der Waals surface area contributed by atoms with E-state index in [-0.39, 0.29) is 6.04 Å². The van der Waals surface area contributed by atoms with E-state index in [1.807, 2.05) is 30.3 Å². The number of nitrogens with zero attached hydrogens (tertiary/aromatic N) is 4. The Hall–Kier alpha value is -2.88. The van der Waals surface area contributed by atoms with Crippen LogP contribution in [-0.4, -0.2) is 53.1 Å². The number of sulfonamides is 1. The lowest BCUT2D eigenvalue weighted by Crippen LogP contribution is -2.44. The Morgan fingerprint density at radius 3 is 2.66 bits per heavy atom. The van der Waals surface area contributed by atoms with E-state index in [4.69, 9.17) is 9.97 Å². The van der Waals surface area contributed by atoms with Crippen LogP contribution in [0.1, 0.15) is 12.8 Å². The molecule has 0 bridgehead atoms. The highest BCUT2D eigenvalue weighted by Crippen LogP contribution is 2.38. The van der Waals surface area contributed by atoms with E-state index in [9.17, 15) is 8.42 Å². The smallest absolute Gasteiger partial charge is 0.211 e. The monoisotopic (exact) mass is 465 g/mol. The second-order valence-corrected chi connectivity index (χ2v) is 10.8. The number of hydrogen-bond acceptors (Lipinski definition) is 7. The van der Waals surface area contributed by atoms with E-state index in [2.05, 4.69) is 27.8 Å². The maximum atomic E-state index is 12.1. The van der Waals surface area contributed by atoms with Crippen molar-refractivity contribution in [3.8, 4) is 22.5 Å². The molecule has 0 saturated carbocycles. The highest BCUT2D eigenvalue weighted by Gasteiger charge is 2.27. The molecule has 1 aliphatic rings. The number of pyridine rings is 1. The molecule has 0 spiro atoms. The predicted molar refractivity (Wildman–Crippen MR) is 129 cm³/mol. The van der Waals surface area contributed by atoms with Crippen molar-refractivity contribution in [2.24, 2.45) is 0 Å². The van der Waals surface area contributed by atoms with Crippen LogP contribution in [0.2, 0.25) is 0 Å². The van der Waals surface area contributed by atoms with Gasteiger partial charge in [0.2, 0.25) is 10.0 Å². The highest BCUT2D eigenvalue weighted by molar-refractivity contribution is 7.88. The van der Waals surface area contributed by atoms with Crippen LogP contribution in [0.4, 0.5) is 5.82 Å². The van der Waals surface area contributed by atoms with Crippen molar-refractivity contribution in [3.05, 3.63) is 60.2 Å². The number of aromatic nitrogens is 3. The number of fused-ring (bicyclic) bond motifs is 1. The fourth-order valence-electron chi connectivity index (χ4n) is 4.06. The van der Waals surface area contributed by atoms with Crippen molar-refractivity contribution in [3.63, 3.8) is 0 Å². The summed E-state index contributed by atoms with van der Waals surface area (Å²) < 4.78 is 25.7. The normalized spacial score (nSPS) is 17.5. The SMILES string of the molecule is CS(=O)(=O)N1CCCC(Nc2nc(-c3cccnc3)nc3scc(-c4ccccc4)c23)C1. The van der Waals surface area contributed by atoms with Crippen LogP contribution in [0.5, 0.6) is 0 Å². The quantitative estimate of drug-likeness (QED) is 0.474. The molecule has 4 heterocycles. The summed E-state index contributed by atoms with van der Waals surface area (Å²) in [5.74, 6) is 1.33. The van der Waals surface area contributed by atoms with Crippen molar-refractivity contribution < 1.29 is 8.42 Å².